The lowest BCUT2D eigenvalue weighted by Gasteiger charge is -2.22. The van der Waals surface area contributed by atoms with Crippen LogP contribution >= 0.6 is 0 Å². The SMILES string of the molecule is CC(=O)OC1=C2C(OC(C)=O)CC(C)=C=CCC(C)=CCC2OC1=O. The predicted octanol–water partition coefficient (Wildman–Crippen LogP) is 2.89. The average molecular weight is 346 g/mol. The number of carbonyl (C=O) groups excluding carboxylic acids is 3. The Bertz CT molecular complexity index is 718. The molecule has 0 aromatic carbocycles. The fourth-order valence-electron chi connectivity index (χ4n) is 2.81. The van der Waals surface area contributed by atoms with E-state index in [0.29, 0.717) is 18.4 Å². The molecule has 1 aliphatic heterocycles. The van der Waals surface area contributed by atoms with Crippen molar-refractivity contribution in [2.45, 2.75) is 59.2 Å². The maximum Gasteiger partial charge on any atom is 0.375 e. The minimum absolute atomic E-state index is 0.175. The number of carbonyl (C=O) groups is 3. The number of ether oxygens (including phenoxy) is 3. The van der Waals surface area contributed by atoms with Gasteiger partial charge in [-0.15, -0.1) is 5.73 Å². The van der Waals surface area contributed by atoms with Crippen LogP contribution in [0.2, 0.25) is 0 Å². The van der Waals surface area contributed by atoms with Crippen LogP contribution in [0.3, 0.4) is 0 Å². The minimum Gasteiger partial charge on any atom is -0.457 e. The number of rotatable bonds is 2. The van der Waals surface area contributed by atoms with Crippen LogP contribution in [0, 0.1) is 0 Å². The van der Waals surface area contributed by atoms with Crippen molar-refractivity contribution in [1.29, 1.82) is 0 Å². The number of hydrogen-bond donors (Lipinski definition) is 0. The van der Waals surface area contributed by atoms with Crippen molar-refractivity contribution in [3.63, 3.8) is 0 Å². The molecule has 1 heterocycles. The summed E-state index contributed by atoms with van der Waals surface area (Å²) >= 11 is 0. The van der Waals surface area contributed by atoms with E-state index in [9.17, 15) is 14.4 Å². The highest BCUT2D eigenvalue weighted by Gasteiger charge is 2.41. The molecule has 6 heteroatoms. The molecule has 2 aliphatic rings. The van der Waals surface area contributed by atoms with E-state index in [2.05, 4.69) is 5.73 Å². The average Bonchev–Trinajstić information content (AvgIpc) is 2.78. The van der Waals surface area contributed by atoms with E-state index in [1.807, 2.05) is 26.0 Å². The smallest absolute Gasteiger partial charge is 0.375 e. The highest BCUT2D eigenvalue weighted by Crippen LogP contribution is 2.33. The van der Waals surface area contributed by atoms with Crippen LogP contribution < -0.4 is 0 Å². The summed E-state index contributed by atoms with van der Waals surface area (Å²) in [5.74, 6) is -2.01. The fourth-order valence-corrected chi connectivity index (χ4v) is 2.81. The largest absolute Gasteiger partial charge is 0.457 e. The number of fused-ring (bicyclic) bond motifs is 1. The quantitative estimate of drug-likeness (QED) is 0.331. The van der Waals surface area contributed by atoms with Gasteiger partial charge in [0.15, 0.2) is 0 Å². The van der Waals surface area contributed by atoms with E-state index >= 15 is 0 Å². The van der Waals surface area contributed by atoms with Gasteiger partial charge in [-0.3, -0.25) is 9.59 Å². The van der Waals surface area contributed by atoms with Crippen LogP contribution in [0.25, 0.3) is 0 Å². The van der Waals surface area contributed by atoms with E-state index < -0.39 is 30.1 Å². The lowest BCUT2D eigenvalue weighted by molar-refractivity contribution is -0.149. The third kappa shape index (κ3) is 4.94. The Labute approximate surface area is 146 Å². The highest BCUT2D eigenvalue weighted by molar-refractivity contribution is 5.93. The first-order valence-electron chi connectivity index (χ1n) is 8.15. The molecule has 2 atom stereocenters. The molecule has 2 unspecified atom stereocenters. The Morgan fingerprint density at radius 3 is 2.60 bits per heavy atom. The lowest BCUT2D eigenvalue weighted by Crippen LogP contribution is -2.26. The van der Waals surface area contributed by atoms with E-state index in [4.69, 9.17) is 14.2 Å². The zero-order valence-electron chi connectivity index (χ0n) is 14.9. The Morgan fingerprint density at radius 1 is 1.24 bits per heavy atom. The van der Waals surface area contributed by atoms with Gasteiger partial charge in [0.2, 0.25) is 5.76 Å². The van der Waals surface area contributed by atoms with Crippen molar-refractivity contribution in [3.05, 3.63) is 40.4 Å². The fraction of sp³-hybridized carbons (Fsp3) is 0.474. The lowest BCUT2D eigenvalue weighted by atomic mass is 9.96. The molecule has 0 radical (unpaired) electrons. The summed E-state index contributed by atoms with van der Waals surface area (Å²) < 4.78 is 15.9. The second-order valence-corrected chi connectivity index (χ2v) is 6.19. The summed E-state index contributed by atoms with van der Waals surface area (Å²) in [6.45, 7) is 6.34. The molecular formula is C19H22O6. The Kier molecular flexibility index (Phi) is 5.99. The van der Waals surface area contributed by atoms with Gasteiger partial charge in [0, 0.05) is 26.7 Å². The van der Waals surface area contributed by atoms with Crippen LogP contribution in [0.5, 0.6) is 0 Å². The van der Waals surface area contributed by atoms with Crippen molar-refractivity contribution >= 4 is 17.9 Å². The summed E-state index contributed by atoms with van der Waals surface area (Å²) in [5, 5.41) is 0. The first-order chi connectivity index (χ1) is 11.8. The van der Waals surface area contributed by atoms with Gasteiger partial charge in [-0.1, -0.05) is 11.6 Å². The van der Waals surface area contributed by atoms with Gasteiger partial charge in [0.25, 0.3) is 0 Å². The summed E-state index contributed by atoms with van der Waals surface area (Å²) in [7, 11) is 0. The molecule has 6 nitrogen and oxygen atoms in total. The van der Waals surface area contributed by atoms with E-state index in [1.165, 1.54) is 13.8 Å². The van der Waals surface area contributed by atoms with Gasteiger partial charge in [0.05, 0.1) is 5.57 Å². The molecule has 0 aromatic rings. The maximum absolute atomic E-state index is 12.2. The summed E-state index contributed by atoms with van der Waals surface area (Å²) in [5.41, 5.74) is 5.51. The number of hydrogen-bond acceptors (Lipinski definition) is 6. The minimum atomic E-state index is -0.754. The summed E-state index contributed by atoms with van der Waals surface area (Å²) in [4.78, 5) is 35.1. The topological polar surface area (TPSA) is 78.9 Å². The molecule has 0 amide bonds. The zero-order valence-corrected chi connectivity index (χ0v) is 14.9. The first-order valence-corrected chi connectivity index (χ1v) is 8.15. The predicted molar refractivity (Wildman–Crippen MR) is 89.1 cm³/mol. The normalized spacial score (nSPS) is 23.8. The summed E-state index contributed by atoms with van der Waals surface area (Å²) in [6.07, 6.45) is 3.97. The zero-order chi connectivity index (χ0) is 18.6. The van der Waals surface area contributed by atoms with Crippen LogP contribution in [-0.2, 0) is 28.6 Å². The van der Waals surface area contributed by atoms with Gasteiger partial charge < -0.3 is 14.2 Å². The molecule has 0 aromatic heterocycles. The van der Waals surface area contributed by atoms with Crippen molar-refractivity contribution in [2.24, 2.45) is 0 Å². The van der Waals surface area contributed by atoms with E-state index in [1.54, 1.807) is 0 Å². The molecule has 1 aliphatic carbocycles. The molecule has 0 saturated carbocycles. The molecule has 0 saturated heterocycles. The van der Waals surface area contributed by atoms with Gasteiger partial charge in [0.1, 0.15) is 12.2 Å². The Balaban J connectivity index is 2.55. The van der Waals surface area contributed by atoms with Crippen molar-refractivity contribution in [1.82, 2.24) is 0 Å². The third-order valence-electron chi connectivity index (χ3n) is 3.89. The van der Waals surface area contributed by atoms with Crippen molar-refractivity contribution in [3.8, 4) is 0 Å². The third-order valence-corrected chi connectivity index (χ3v) is 3.89. The van der Waals surface area contributed by atoms with Gasteiger partial charge in [-0.2, -0.15) is 0 Å². The number of allylic oxidation sites excluding steroid dienone is 1. The van der Waals surface area contributed by atoms with Crippen molar-refractivity contribution in [2.75, 3.05) is 0 Å². The van der Waals surface area contributed by atoms with Crippen LogP contribution in [0.1, 0.15) is 47.0 Å². The van der Waals surface area contributed by atoms with Crippen molar-refractivity contribution < 1.29 is 28.6 Å². The van der Waals surface area contributed by atoms with Gasteiger partial charge in [-0.25, -0.2) is 4.79 Å². The van der Waals surface area contributed by atoms with Crippen LogP contribution in [0.15, 0.2) is 40.4 Å². The molecule has 0 bridgehead atoms. The molecule has 0 fully saturated rings. The second kappa shape index (κ2) is 7.99. The van der Waals surface area contributed by atoms with Gasteiger partial charge >= 0.3 is 17.9 Å². The van der Waals surface area contributed by atoms with Crippen LogP contribution in [0.4, 0.5) is 0 Å². The first kappa shape index (κ1) is 18.7. The molecule has 0 spiro atoms. The highest BCUT2D eigenvalue weighted by atomic mass is 16.6. The summed E-state index contributed by atoms with van der Waals surface area (Å²) in [6, 6.07) is 0. The van der Waals surface area contributed by atoms with Gasteiger partial charge in [-0.05, 0) is 31.9 Å². The second-order valence-electron chi connectivity index (χ2n) is 6.19. The Hall–Kier alpha value is -2.59. The van der Waals surface area contributed by atoms with E-state index in [0.717, 1.165) is 17.6 Å². The van der Waals surface area contributed by atoms with Crippen LogP contribution in [-0.4, -0.2) is 30.1 Å². The monoisotopic (exact) mass is 346 g/mol. The molecule has 25 heavy (non-hydrogen) atoms. The molecule has 2 rings (SSSR count). The molecule has 134 valence electrons. The maximum atomic E-state index is 12.2. The standard InChI is InChI=1S/C19H22O6/c1-11-6-5-7-12(2)10-16(23-13(3)20)17-15(9-8-11)25-19(22)18(17)24-14(4)21/h5,8,15-16H,6,9-10H2,1-4H3. The molecule has 0 N–H and O–H groups in total. The Morgan fingerprint density at radius 2 is 1.96 bits per heavy atom. The van der Waals surface area contributed by atoms with E-state index in [-0.39, 0.29) is 5.76 Å². The molecular weight excluding hydrogens is 324 g/mol. The number of esters is 3.